The van der Waals surface area contributed by atoms with Crippen LogP contribution in [-0.2, 0) is 4.79 Å². The molecule has 7 nitrogen and oxygen atoms in total. The maximum absolute atomic E-state index is 12.7. The zero-order chi connectivity index (χ0) is 19.1. The Balaban J connectivity index is 2.15. The van der Waals surface area contributed by atoms with E-state index in [1.807, 2.05) is 18.2 Å². The molecule has 2 amide bonds. The molecule has 0 saturated heterocycles. The predicted octanol–water partition coefficient (Wildman–Crippen LogP) is 2.42. The first-order valence-corrected chi connectivity index (χ1v) is 7.90. The first kappa shape index (κ1) is 19.1. The van der Waals surface area contributed by atoms with Crippen molar-refractivity contribution in [2.75, 3.05) is 40.2 Å². The molecule has 0 unspecified atom stereocenters. The zero-order valence-electron chi connectivity index (χ0n) is 15.2. The van der Waals surface area contributed by atoms with Gasteiger partial charge in [-0.25, -0.2) is 0 Å². The molecule has 0 saturated carbocycles. The maximum Gasteiger partial charge on any atom is 0.257 e. The Morgan fingerprint density at radius 3 is 2.08 bits per heavy atom. The van der Waals surface area contributed by atoms with Crippen LogP contribution in [0.4, 0.5) is 5.69 Å². The van der Waals surface area contributed by atoms with Crippen LogP contribution in [0.15, 0.2) is 42.5 Å². The SMILES string of the molecule is COc1cc(OC)c(C(=O)N(C)CC(=O)Nc2ccccc2)cc1OC. The van der Waals surface area contributed by atoms with Crippen molar-refractivity contribution in [3.8, 4) is 17.2 Å². The number of amides is 2. The van der Waals surface area contributed by atoms with Crippen LogP contribution in [0.1, 0.15) is 10.4 Å². The minimum Gasteiger partial charge on any atom is -0.496 e. The summed E-state index contributed by atoms with van der Waals surface area (Å²) in [5.74, 6) is 0.518. The molecule has 0 atom stereocenters. The van der Waals surface area contributed by atoms with Crippen molar-refractivity contribution in [2.24, 2.45) is 0 Å². The molecule has 2 aromatic rings. The summed E-state index contributed by atoms with van der Waals surface area (Å²) in [7, 11) is 5.98. The average molecular weight is 358 g/mol. The van der Waals surface area contributed by atoms with Gasteiger partial charge in [0.15, 0.2) is 11.5 Å². The number of hydrogen-bond acceptors (Lipinski definition) is 5. The quantitative estimate of drug-likeness (QED) is 0.823. The summed E-state index contributed by atoms with van der Waals surface area (Å²) in [6, 6.07) is 12.1. The van der Waals surface area contributed by atoms with Crippen molar-refractivity contribution < 1.29 is 23.8 Å². The number of benzene rings is 2. The smallest absolute Gasteiger partial charge is 0.257 e. The lowest BCUT2D eigenvalue weighted by Crippen LogP contribution is -2.35. The zero-order valence-corrected chi connectivity index (χ0v) is 15.2. The van der Waals surface area contributed by atoms with Crippen molar-refractivity contribution in [3.05, 3.63) is 48.0 Å². The monoisotopic (exact) mass is 358 g/mol. The molecule has 138 valence electrons. The van der Waals surface area contributed by atoms with E-state index in [1.54, 1.807) is 25.2 Å². The number of anilines is 1. The lowest BCUT2D eigenvalue weighted by molar-refractivity contribution is -0.116. The summed E-state index contributed by atoms with van der Waals surface area (Å²) in [4.78, 5) is 26.2. The Labute approximate surface area is 152 Å². The van der Waals surface area contributed by atoms with Crippen LogP contribution in [0.25, 0.3) is 0 Å². The van der Waals surface area contributed by atoms with Gasteiger partial charge in [-0.3, -0.25) is 9.59 Å². The number of ether oxygens (including phenoxy) is 3. The molecule has 2 rings (SSSR count). The fraction of sp³-hybridized carbons (Fsp3) is 0.263. The highest BCUT2D eigenvalue weighted by molar-refractivity contribution is 6.01. The van der Waals surface area contributed by atoms with Crippen LogP contribution in [0.5, 0.6) is 17.2 Å². The van der Waals surface area contributed by atoms with Gasteiger partial charge in [0.25, 0.3) is 5.91 Å². The first-order chi connectivity index (χ1) is 12.5. The van der Waals surface area contributed by atoms with Crippen molar-refractivity contribution >= 4 is 17.5 Å². The summed E-state index contributed by atoms with van der Waals surface area (Å²) in [5.41, 5.74) is 0.946. The number of likely N-dealkylation sites (N-methyl/N-ethyl adjacent to an activating group) is 1. The Bertz CT molecular complexity index is 777. The van der Waals surface area contributed by atoms with Gasteiger partial charge >= 0.3 is 0 Å². The van der Waals surface area contributed by atoms with Gasteiger partial charge < -0.3 is 24.4 Å². The van der Waals surface area contributed by atoms with Gasteiger partial charge in [-0.1, -0.05) is 18.2 Å². The number of nitrogens with zero attached hydrogens (tertiary/aromatic N) is 1. The molecule has 0 aliphatic rings. The Kier molecular flexibility index (Phi) is 6.43. The van der Waals surface area contributed by atoms with Crippen molar-refractivity contribution in [3.63, 3.8) is 0 Å². The molecule has 0 heterocycles. The van der Waals surface area contributed by atoms with Crippen LogP contribution < -0.4 is 19.5 Å². The Morgan fingerprint density at radius 1 is 0.923 bits per heavy atom. The van der Waals surface area contributed by atoms with Crippen LogP contribution in [0.2, 0.25) is 0 Å². The van der Waals surface area contributed by atoms with E-state index in [-0.39, 0.29) is 23.9 Å². The molecule has 7 heteroatoms. The summed E-state index contributed by atoms with van der Waals surface area (Å²) < 4.78 is 15.7. The van der Waals surface area contributed by atoms with Gasteiger partial charge in [0, 0.05) is 24.9 Å². The number of para-hydroxylation sites is 1. The highest BCUT2D eigenvalue weighted by Crippen LogP contribution is 2.35. The number of hydrogen-bond donors (Lipinski definition) is 1. The number of rotatable bonds is 7. The van der Waals surface area contributed by atoms with Gasteiger partial charge in [-0.2, -0.15) is 0 Å². The number of carbonyl (C=O) groups is 2. The number of methoxy groups -OCH3 is 3. The van der Waals surface area contributed by atoms with E-state index in [9.17, 15) is 9.59 Å². The third-order valence-electron chi connectivity index (χ3n) is 3.72. The molecule has 0 aliphatic carbocycles. The predicted molar refractivity (Wildman–Crippen MR) is 98.1 cm³/mol. The Morgan fingerprint density at radius 2 is 1.50 bits per heavy atom. The molecule has 0 bridgehead atoms. The highest BCUT2D eigenvalue weighted by atomic mass is 16.5. The second-order valence-corrected chi connectivity index (χ2v) is 5.48. The van der Waals surface area contributed by atoms with E-state index < -0.39 is 0 Å². The minimum absolute atomic E-state index is 0.106. The second-order valence-electron chi connectivity index (χ2n) is 5.48. The van der Waals surface area contributed by atoms with E-state index in [0.717, 1.165) is 0 Å². The second kappa shape index (κ2) is 8.75. The minimum atomic E-state index is -0.369. The van der Waals surface area contributed by atoms with Gasteiger partial charge in [-0.05, 0) is 12.1 Å². The van der Waals surface area contributed by atoms with Crippen LogP contribution in [0, 0.1) is 0 Å². The first-order valence-electron chi connectivity index (χ1n) is 7.90. The fourth-order valence-electron chi connectivity index (χ4n) is 2.41. The highest BCUT2D eigenvalue weighted by Gasteiger charge is 2.22. The summed E-state index contributed by atoms with van der Waals surface area (Å²) in [6.07, 6.45) is 0. The van der Waals surface area contributed by atoms with E-state index in [1.165, 1.54) is 32.3 Å². The normalized spacial score (nSPS) is 10.0. The topological polar surface area (TPSA) is 77.1 Å². The molecule has 2 aromatic carbocycles. The van der Waals surface area contributed by atoms with E-state index in [4.69, 9.17) is 14.2 Å². The summed E-state index contributed by atoms with van der Waals surface area (Å²) in [5, 5.41) is 2.74. The van der Waals surface area contributed by atoms with Crippen molar-refractivity contribution in [1.29, 1.82) is 0 Å². The third-order valence-corrected chi connectivity index (χ3v) is 3.72. The third kappa shape index (κ3) is 4.44. The molecule has 1 N–H and O–H groups in total. The molecular formula is C19H22N2O5. The van der Waals surface area contributed by atoms with Crippen molar-refractivity contribution in [1.82, 2.24) is 4.90 Å². The van der Waals surface area contributed by atoms with Gasteiger partial charge in [0.1, 0.15) is 5.75 Å². The average Bonchev–Trinajstić information content (AvgIpc) is 2.66. The van der Waals surface area contributed by atoms with Gasteiger partial charge in [-0.15, -0.1) is 0 Å². The van der Waals surface area contributed by atoms with Crippen LogP contribution >= 0.6 is 0 Å². The molecular weight excluding hydrogens is 336 g/mol. The molecule has 0 spiro atoms. The van der Waals surface area contributed by atoms with Crippen LogP contribution in [0.3, 0.4) is 0 Å². The van der Waals surface area contributed by atoms with Gasteiger partial charge in [0.2, 0.25) is 5.91 Å². The van der Waals surface area contributed by atoms with E-state index >= 15 is 0 Å². The molecule has 0 radical (unpaired) electrons. The molecule has 0 aromatic heterocycles. The molecule has 26 heavy (non-hydrogen) atoms. The largest absolute Gasteiger partial charge is 0.496 e. The Hall–Kier alpha value is -3.22. The summed E-state index contributed by atoms with van der Waals surface area (Å²) in [6.45, 7) is -0.106. The summed E-state index contributed by atoms with van der Waals surface area (Å²) >= 11 is 0. The standard InChI is InChI=1S/C19H22N2O5/c1-21(12-18(22)20-13-8-6-5-7-9-13)19(23)14-10-16(25-3)17(26-4)11-15(14)24-2/h5-11H,12H2,1-4H3,(H,20,22). The number of carbonyl (C=O) groups excluding carboxylic acids is 2. The van der Waals surface area contributed by atoms with E-state index in [0.29, 0.717) is 22.9 Å². The van der Waals surface area contributed by atoms with E-state index in [2.05, 4.69) is 5.32 Å². The van der Waals surface area contributed by atoms with Crippen LogP contribution in [-0.4, -0.2) is 51.6 Å². The lowest BCUT2D eigenvalue weighted by Gasteiger charge is -2.19. The van der Waals surface area contributed by atoms with Gasteiger partial charge in [0.05, 0.1) is 33.4 Å². The van der Waals surface area contributed by atoms with Crippen molar-refractivity contribution in [2.45, 2.75) is 0 Å². The fourth-order valence-corrected chi connectivity index (χ4v) is 2.41. The lowest BCUT2D eigenvalue weighted by atomic mass is 10.1. The maximum atomic E-state index is 12.7. The molecule has 0 fully saturated rings. The molecule has 0 aliphatic heterocycles. The number of nitrogens with one attached hydrogen (secondary N) is 1.